The zero-order valence-electron chi connectivity index (χ0n) is 8.72. The molecule has 1 aliphatic carbocycles. The molecule has 0 heterocycles. The minimum atomic E-state index is -0.260. The predicted octanol–water partition coefficient (Wildman–Crippen LogP) is 3.46. The second kappa shape index (κ2) is 3.61. The number of carbonyl (C=O) groups is 1. The van der Waals surface area contributed by atoms with Gasteiger partial charge in [0.2, 0.25) is 0 Å². The molecule has 0 radical (unpaired) electrons. The van der Waals surface area contributed by atoms with Gasteiger partial charge in [-0.3, -0.25) is 4.79 Å². The normalized spacial score (nSPS) is 15.1. The van der Waals surface area contributed by atoms with E-state index < -0.39 is 0 Å². The van der Waals surface area contributed by atoms with E-state index in [2.05, 4.69) is 6.58 Å². The van der Waals surface area contributed by atoms with Crippen LogP contribution in [0.5, 0.6) is 0 Å². The van der Waals surface area contributed by atoms with Crippen LogP contribution in [-0.2, 0) is 0 Å². The van der Waals surface area contributed by atoms with Gasteiger partial charge in [-0.25, -0.2) is 4.39 Å². The molecule has 0 bridgehead atoms. The van der Waals surface area contributed by atoms with Crippen molar-refractivity contribution in [3.8, 4) is 0 Å². The number of carbonyl (C=O) groups excluding carboxylic acids is 1. The molecular weight excluding hydrogens is 191 g/mol. The fourth-order valence-corrected chi connectivity index (χ4v) is 1.75. The van der Waals surface area contributed by atoms with E-state index in [9.17, 15) is 9.18 Å². The number of allylic oxidation sites excluding steroid dienone is 1. The molecule has 2 heteroatoms. The molecule has 1 aromatic rings. The van der Waals surface area contributed by atoms with Crippen molar-refractivity contribution >= 4 is 5.78 Å². The van der Waals surface area contributed by atoms with Gasteiger partial charge in [-0.05, 0) is 37.3 Å². The van der Waals surface area contributed by atoms with Crippen LogP contribution in [0.15, 0.2) is 30.4 Å². The average Bonchev–Trinajstić information content (AvgIpc) is 2.99. The van der Waals surface area contributed by atoms with Crippen molar-refractivity contribution in [1.29, 1.82) is 0 Å². The SMILES string of the molecule is C=C(C)C(=O)c1cccc(F)c1C1CC1. The lowest BCUT2D eigenvalue weighted by atomic mass is 9.96. The van der Waals surface area contributed by atoms with Crippen LogP contribution < -0.4 is 0 Å². The molecule has 0 atom stereocenters. The van der Waals surface area contributed by atoms with Gasteiger partial charge in [-0.2, -0.15) is 0 Å². The van der Waals surface area contributed by atoms with E-state index in [1.807, 2.05) is 0 Å². The quantitative estimate of drug-likeness (QED) is 0.544. The maximum atomic E-state index is 13.6. The molecule has 1 aliphatic rings. The Kier molecular flexibility index (Phi) is 2.43. The fraction of sp³-hybridized carbons (Fsp3) is 0.308. The standard InChI is InChI=1S/C13H13FO/c1-8(2)13(15)10-4-3-5-11(14)12(10)9-6-7-9/h3-5,9H,1,6-7H2,2H3. The lowest BCUT2D eigenvalue weighted by Gasteiger charge is -2.08. The Balaban J connectivity index is 2.50. The molecule has 0 aromatic heterocycles. The predicted molar refractivity (Wildman–Crippen MR) is 57.5 cm³/mol. The summed E-state index contributed by atoms with van der Waals surface area (Å²) >= 11 is 0. The minimum absolute atomic E-state index is 0.142. The number of Topliss-reactive ketones (excluding diaryl/α,β-unsaturated/α-hetero) is 1. The van der Waals surface area contributed by atoms with Gasteiger partial charge in [-0.1, -0.05) is 18.7 Å². The molecule has 1 nitrogen and oxygen atoms in total. The Bertz CT molecular complexity index is 430. The average molecular weight is 204 g/mol. The first kappa shape index (κ1) is 10.1. The Labute approximate surface area is 88.6 Å². The molecule has 0 N–H and O–H groups in total. The highest BCUT2D eigenvalue weighted by atomic mass is 19.1. The van der Waals surface area contributed by atoms with E-state index >= 15 is 0 Å². The summed E-state index contributed by atoms with van der Waals surface area (Å²) in [5, 5.41) is 0. The summed E-state index contributed by atoms with van der Waals surface area (Å²) in [5.41, 5.74) is 1.54. The van der Waals surface area contributed by atoms with Crippen LogP contribution in [0.25, 0.3) is 0 Å². The molecule has 0 unspecified atom stereocenters. The third-order valence-electron chi connectivity index (χ3n) is 2.67. The maximum Gasteiger partial charge on any atom is 0.188 e. The van der Waals surface area contributed by atoms with E-state index in [1.54, 1.807) is 19.1 Å². The summed E-state index contributed by atoms with van der Waals surface area (Å²) in [6, 6.07) is 4.69. The van der Waals surface area contributed by atoms with Crippen LogP contribution in [0.1, 0.15) is 41.6 Å². The van der Waals surface area contributed by atoms with Crippen molar-refractivity contribution in [2.45, 2.75) is 25.7 Å². The molecule has 0 spiro atoms. The van der Waals surface area contributed by atoms with Crippen LogP contribution in [0, 0.1) is 5.82 Å². The van der Waals surface area contributed by atoms with Crippen molar-refractivity contribution in [2.24, 2.45) is 0 Å². The Morgan fingerprint density at radius 2 is 2.13 bits per heavy atom. The maximum absolute atomic E-state index is 13.6. The van der Waals surface area contributed by atoms with E-state index in [0.29, 0.717) is 16.7 Å². The first-order chi connectivity index (χ1) is 7.11. The molecule has 1 saturated carbocycles. The smallest absolute Gasteiger partial charge is 0.188 e. The number of hydrogen-bond donors (Lipinski definition) is 0. The van der Waals surface area contributed by atoms with Crippen molar-refractivity contribution < 1.29 is 9.18 Å². The van der Waals surface area contributed by atoms with E-state index in [4.69, 9.17) is 0 Å². The van der Waals surface area contributed by atoms with Gasteiger partial charge in [0, 0.05) is 11.1 Å². The van der Waals surface area contributed by atoms with Crippen LogP contribution in [0.4, 0.5) is 4.39 Å². The molecular formula is C13H13FO. The number of rotatable bonds is 3. The van der Waals surface area contributed by atoms with E-state index in [0.717, 1.165) is 12.8 Å². The van der Waals surface area contributed by atoms with Crippen LogP contribution in [-0.4, -0.2) is 5.78 Å². The molecule has 1 aromatic carbocycles. The zero-order valence-corrected chi connectivity index (χ0v) is 8.72. The topological polar surface area (TPSA) is 17.1 Å². The van der Waals surface area contributed by atoms with Gasteiger partial charge in [0.15, 0.2) is 5.78 Å². The third kappa shape index (κ3) is 1.84. The molecule has 2 rings (SSSR count). The van der Waals surface area contributed by atoms with Crippen LogP contribution in [0.3, 0.4) is 0 Å². The van der Waals surface area contributed by atoms with E-state index in [1.165, 1.54) is 6.07 Å². The van der Waals surface area contributed by atoms with Crippen molar-refractivity contribution in [3.63, 3.8) is 0 Å². The van der Waals surface area contributed by atoms with Crippen LogP contribution >= 0.6 is 0 Å². The second-order valence-electron chi connectivity index (χ2n) is 4.08. The lowest BCUT2D eigenvalue weighted by Crippen LogP contribution is -2.05. The van der Waals surface area contributed by atoms with Crippen molar-refractivity contribution in [2.75, 3.05) is 0 Å². The highest BCUT2D eigenvalue weighted by Gasteiger charge is 2.30. The summed E-state index contributed by atoms with van der Waals surface area (Å²) in [7, 11) is 0. The Morgan fingerprint density at radius 3 is 2.67 bits per heavy atom. The van der Waals surface area contributed by atoms with Crippen molar-refractivity contribution in [1.82, 2.24) is 0 Å². The number of halogens is 1. The fourth-order valence-electron chi connectivity index (χ4n) is 1.75. The number of ketones is 1. The monoisotopic (exact) mass is 204 g/mol. The first-order valence-corrected chi connectivity index (χ1v) is 5.10. The van der Waals surface area contributed by atoms with Gasteiger partial charge in [0.25, 0.3) is 0 Å². The molecule has 1 fully saturated rings. The molecule has 78 valence electrons. The Morgan fingerprint density at radius 1 is 1.47 bits per heavy atom. The highest BCUT2D eigenvalue weighted by molar-refractivity contribution is 6.09. The summed E-state index contributed by atoms with van der Waals surface area (Å²) in [5.74, 6) is -0.162. The minimum Gasteiger partial charge on any atom is -0.289 e. The summed E-state index contributed by atoms with van der Waals surface area (Å²) in [4.78, 5) is 11.8. The molecule has 0 aliphatic heterocycles. The van der Waals surface area contributed by atoms with Gasteiger partial charge in [0.05, 0.1) is 0 Å². The van der Waals surface area contributed by atoms with Gasteiger partial charge in [0.1, 0.15) is 5.82 Å². The van der Waals surface area contributed by atoms with E-state index in [-0.39, 0.29) is 17.5 Å². The summed E-state index contributed by atoms with van der Waals surface area (Å²) in [6.45, 7) is 5.27. The molecule has 0 amide bonds. The summed E-state index contributed by atoms with van der Waals surface area (Å²) in [6.07, 6.45) is 1.97. The van der Waals surface area contributed by atoms with Gasteiger partial charge >= 0.3 is 0 Å². The molecule has 15 heavy (non-hydrogen) atoms. The Hall–Kier alpha value is -1.44. The third-order valence-corrected chi connectivity index (χ3v) is 2.67. The lowest BCUT2D eigenvalue weighted by molar-refractivity contribution is 0.103. The number of benzene rings is 1. The first-order valence-electron chi connectivity index (χ1n) is 5.10. The highest BCUT2D eigenvalue weighted by Crippen LogP contribution is 2.43. The largest absolute Gasteiger partial charge is 0.289 e. The molecule has 0 saturated heterocycles. The summed E-state index contributed by atoms with van der Waals surface area (Å²) < 4.78 is 13.6. The zero-order chi connectivity index (χ0) is 11.0. The number of hydrogen-bond acceptors (Lipinski definition) is 1. The second-order valence-corrected chi connectivity index (χ2v) is 4.08. The van der Waals surface area contributed by atoms with Crippen molar-refractivity contribution in [3.05, 3.63) is 47.3 Å². The van der Waals surface area contributed by atoms with Crippen LogP contribution in [0.2, 0.25) is 0 Å². The van der Waals surface area contributed by atoms with Gasteiger partial charge in [-0.15, -0.1) is 0 Å². The van der Waals surface area contributed by atoms with Gasteiger partial charge < -0.3 is 0 Å².